The maximum Gasteiger partial charge on any atom is 0.269 e. The van der Waals surface area contributed by atoms with E-state index in [0.717, 1.165) is 15.6 Å². The largest absolute Gasteiger partial charge is 0.354 e. The van der Waals surface area contributed by atoms with Gasteiger partial charge in [0.2, 0.25) is 5.91 Å². The van der Waals surface area contributed by atoms with Gasteiger partial charge in [-0.25, -0.2) is 0 Å². The van der Waals surface area contributed by atoms with Gasteiger partial charge in [-0.05, 0) is 47.6 Å². The summed E-state index contributed by atoms with van der Waals surface area (Å²) in [6.45, 7) is 0. The second kappa shape index (κ2) is 8.95. The van der Waals surface area contributed by atoms with Gasteiger partial charge in [0.15, 0.2) is 5.11 Å². The predicted molar refractivity (Wildman–Crippen MR) is 127 cm³/mol. The lowest BCUT2D eigenvalue weighted by atomic mass is 9.84. The Hall–Kier alpha value is -3.10. The maximum atomic E-state index is 13.3. The highest BCUT2D eigenvalue weighted by Crippen LogP contribution is 2.38. The Kier molecular flexibility index (Phi) is 6.11. The number of anilines is 1. The van der Waals surface area contributed by atoms with Crippen LogP contribution in [0, 0.1) is 10.1 Å². The van der Waals surface area contributed by atoms with E-state index in [4.69, 9.17) is 12.2 Å². The Morgan fingerprint density at radius 1 is 0.968 bits per heavy atom. The van der Waals surface area contributed by atoms with Gasteiger partial charge in [-0.3, -0.25) is 19.8 Å². The van der Waals surface area contributed by atoms with Gasteiger partial charge in [0.1, 0.15) is 0 Å². The molecule has 0 spiro atoms. The standard InChI is InChI=1S/C23H18BrN3O3S/c24-17-10-6-15(7-11-17)20-14-21(28)26(18-4-2-1-3-5-18)23(31)25-22(20)16-8-12-19(13-9-16)27(29)30/h1-13,20,22H,14H2,(H,25,31)/t20-,22-/m0/s1. The fraction of sp³-hybridized carbons (Fsp3) is 0.130. The molecular formula is C23H18BrN3O3S. The molecule has 8 heteroatoms. The molecule has 31 heavy (non-hydrogen) atoms. The zero-order valence-electron chi connectivity index (χ0n) is 16.3. The van der Waals surface area contributed by atoms with Crippen LogP contribution in [0.25, 0.3) is 0 Å². The van der Waals surface area contributed by atoms with E-state index < -0.39 is 4.92 Å². The molecule has 156 valence electrons. The third-order valence-electron chi connectivity index (χ3n) is 5.30. The van der Waals surface area contributed by atoms with Crippen molar-refractivity contribution in [3.63, 3.8) is 0 Å². The van der Waals surface area contributed by atoms with E-state index >= 15 is 0 Å². The first-order chi connectivity index (χ1) is 14.9. The zero-order chi connectivity index (χ0) is 22.0. The number of benzene rings is 3. The molecular weight excluding hydrogens is 478 g/mol. The first-order valence-corrected chi connectivity index (χ1v) is 10.8. The molecule has 3 aromatic rings. The highest BCUT2D eigenvalue weighted by molar-refractivity contribution is 9.10. The third-order valence-corrected chi connectivity index (χ3v) is 6.13. The number of nitro benzene ring substituents is 1. The molecule has 1 fully saturated rings. The highest BCUT2D eigenvalue weighted by Gasteiger charge is 2.36. The van der Waals surface area contributed by atoms with Crippen LogP contribution in [-0.4, -0.2) is 15.9 Å². The first kappa shape index (κ1) is 21.1. The first-order valence-electron chi connectivity index (χ1n) is 9.62. The lowest BCUT2D eigenvalue weighted by Gasteiger charge is -2.27. The molecule has 2 atom stereocenters. The zero-order valence-corrected chi connectivity index (χ0v) is 18.7. The van der Waals surface area contributed by atoms with Crippen molar-refractivity contribution < 1.29 is 9.72 Å². The summed E-state index contributed by atoms with van der Waals surface area (Å²) in [5, 5.41) is 14.7. The fourth-order valence-electron chi connectivity index (χ4n) is 3.79. The van der Waals surface area contributed by atoms with Crippen molar-refractivity contribution >= 4 is 50.5 Å². The molecule has 6 nitrogen and oxygen atoms in total. The van der Waals surface area contributed by atoms with Gasteiger partial charge in [-0.15, -0.1) is 0 Å². The summed E-state index contributed by atoms with van der Waals surface area (Å²) in [5.41, 5.74) is 2.51. The molecule has 1 aliphatic heterocycles. The van der Waals surface area contributed by atoms with Crippen LogP contribution in [0.1, 0.15) is 29.5 Å². The summed E-state index contributed by atoms with van der Waals surface area (Å²) in [7, 11) is 0. The van der Waals surface area contributed by atoms with E-state index in [9.17, 15) is 14.9 Å². The summed E-state index contributed by atoms with van der Waals surface area (Å²) in [6.07, 6.45) is 0.228. The SMILES string of the molecule is O=C1C[C@@H](c2ccc(Br)cc2)[C@H](c2ccc([N+](=O)[O-])cc2)NC(=S)N1c1ccccc1. The number of nitrogens with one attached hydrogen (secondary N) is 1. The van der Waals surface area contributed by atoms with Crippen LogP contribution in [0.4, 0.5) is 11.4 Å². The lowest BCUT2D eigenvalue weighted by Crippen LogP contribution is -2.42. The number of thiocarbonyl (C=S) groups is 1. The Bertz CT molecular complexity index is 1120. The third kappa shape index (κ3) is 4.50. The number of hydrogen-bond donors (Lipinski definition) is 1. The second-order valence-corrected chi connectivity index (χ2v) is 8.51. The molecule has 1 aliphatic rings. The van der Waals surface area contributed by atoms with Gasteiger partial charge in [-0.1, -0.05) is 58.4 Å². The van der Waals surface area contributed by atoms with Crippen LogP contribution in [0.5, 0.6) is 0 Å². The molecule has 0 aliphatic carbocycles. The quantitative estimate of drug-likeness (QED) is 0.294. The minimum Gasteiger partial charge on any atom is -0.354 e. The number of hydrogen-bond acceptors (Lipinski definition) is 4. The van der Waals surface area contributed by atoms with Gasteiger partial charge in [-0.2, -0.15) is 0 Å². The number of para-hydroxylation sites is 1. The Labute approximate surface area is 193 Å². The van der Waals surface area contributed by atoms with Crippen molar-refractivity contribution in [2.24, 2.45) is 0 Å². The number of nitro groups is 1. The minimum atomic E-state index is -0.429. The van der Waals surface area contributed by atoms with Gasteiger partial charge < -0.3 is 5.32 Å². The van der Waals surface area contributed by atoms with Gasteiger partial charge in [0.25, 0.3) is 5.69 Å². The van der Waals surface area contributed by atoms with Crippen LogP contribution in [0.15, 0.2) is 83.3 Å². The second-order valence-electron chi connectivity index (χ2n) is 7.20. The van der Waals surface area contributed by atoms with E-state index in [2.05, 4.69) is 21.2 Å². The van der Waals surface area contributed by atoms with E-state index in [0.29, 0.717) is 10.8 Å². The molecule has 1 amide bonds. The molecule has 0 aromatic heterocycles. The molecule has 1 heterocycles. The maximum absolute atomic E-state index is 13.3. The Balaban J connectivity index is 1.77. The average molecular weight is 496 g/mol. The molecule has 3 aromatic carbocycles. The Morgan fingerprint density at radius 2 is 1.58 bits per heavy atom. The molecule has 0 bridgehead atoms. The molecule has 1 N–H and O–H groups in total. The van der Waals surface area contributed by atoms with Gasteiger partial charge >= 0.3 is 0 Å². The van der Waals surface area contributed by atoms with E-state index in [-0.39, 0.29) is 30.0 Å². The summed E-state index contributed by atoms with van der Waals surface area (Å²) >= 11 is 9.07. The van der Waals surface area contributed by atoms with Crippen LogP contribution in [0.2, 0.25) is 0 Å². The van der Waals surface area contributed by atoms with Gasteiger partial charge in [0, 0.05) is 28.9 Å². The average Bonchev–Trinajstić information content (AvgIpc) is 2.90. The molecule has 0 radical (unpaired) electrons. The molecule has 1 saturated heterocycles. The van der Waals surface area contributed by atoms with Crippen LogP contribution < -0.4 is 10.2 Å². The van der Waals surface area contributed by atoms with Crippen LogP contribution in [-0.2, 0) is 4.79 Å². The topological polar surface area (TPSA) is 75.5 Å². The normalized spacial score (nSPS) is 18.9. The highest BCUT2D eigenvalue weighted by atomic mass is 79.9. The van der Waals surface area contributed by atoms with E-state index in [1.165, 1.54) is 17.0 Å². The monoisotopic (exact) mass is 495 g/mol. The summed E-state index contributed by atoms with van der Waals surface area (Å²) < 4.78 is 0.942. The number of carbonyl (C=O) groups excluding carboxylic acids is 1. The molecule has 0 unspecified atom stereocenters. The fourth-order valence-corrected chi connectivity index (χ4v) is 4.38. The number of carbonyl (C=O) groups is 1. The van der Waals surface area contributed by atoms with Crippen molar-refractivity contribution in [2.45, 2.75) is 18.4 Å². The molecule has 0 saturated carbocycles. The number of amides is 1. The number of halogens is 1. The summed E-state index contributed by atoms with van der Waals surface area (Å²) in [5.74, 6) is -0.324. The van der Waals surface area contributed by atoms with E-state index in [1.807, 2.05) is 54.6 Å². The number of non-ortho nitro benzene ring substituents is 1. The molecule has 4 rings (SSSR count). The number of nitrogens with zero attached hydrogens (tertiary/aromatic N) is 2. The summed E-state index contributed by atoms with van der Waals surface area (Å²) in [4.78, 5) is 25.5. The van der Waals surface area contributed by atoms with Crippen molar-refractivity contribution in [3.05, 3.63) is 105 Å². The van der Waals surface area contributed by atoms with Crippen molar-refractivity contribution in [3.8, 4) is 0 Å². The Morgan fingerprint density at radius 3 is 2.19 bits per heavy atom. The van der Waals surface area contributed by atoms with E-state index in [1.54, 1.807) is 12.1 Å². The van der Waals surface area contributed by atoms with Gasteiger partial charge in [0.05, 0.1) is 16.7 Å². The minimum absolute atomic E-state index is 0.0159. The van der Waals surface area contributed by atoms with Crippen LogP contribution >= 0.6 is 28.1 Å². The van der Waals surface area contributed by atoms with Crippen molar-refractivity contribution in [1.29, 1.82) is 0 Å². The van der Waals surface area contributed by atoms with Crippen LogP contribution in [0.3, 0.4) is 0 Å². The number of rotatable bonds is 4. The van der Waals surface area contributed by atoms with Crippen molar-refractivity contribution in [1.82, 2.24) is 5.32 Å². The van der Waals surface area contributed by atoms with Crippen molar-refractivity contribution in [2.75, 3.05) is 4.90 Å². The summed E-state index contributed by atoms with van der Waals surface area (Å²) in [6, 6.07) is 23.1. The predicted octanol–water partition coefficient (Wildman–Crippen LogP) is 5.49. The lowest BCUT2D eigenvalue weighted by molar-refractivity contribution is -0.384. The smallest absolute Gasteiger partial charge is 0.269 e.